The first kappa shape index (κ1) is 22.6. The van der Waals surface area contributed by atoms with E-state index in [1.54, 1.807) is 30.6 Å². The Labute approximate surface area is 181 Å². The third kappa shape index (κ3) is 5.97. The van der Waals surface area contributed by atoms with Crippen LogP contribution in [0, 0.1) is 5.82 Å². The molecule has 4 rings (SSSR count). The number of likely N-dealkylation sites (tertiary alicyclic amines) is 1. The summed E-state index contributed by atoms with van der Waals surface area (Å²) in [6, 6.07) is 7.87. The molecule has 31 heavy (non-hydrogen) atoms. The minimum Gasteiger partial charge on any atom is -0.483 e. The van der Waals surface area contributed by atoms with E-state index in [9.17, 15) is 9.18 Å². The van der Waals surface area contributed by atoms with Crippen LogP contribution in [0.2, 0.25) is 0 Å². The van der Waals surface area contributed by atoms with Gasteiger partial charge in [-0.1, -0.05) is 18.6 Å². The summed E-state index contributed by atoms with van der Waals surface area (Å²) in [6.45, 7) is 4.28. The van der Waals surface area contributed by atoms with E-state index in [1.165, 1.54) is 18.6 Å². The highest BCUT2D eigenvalue weighted by Crippen LogP contribution is 2.27. The van der Waals surface area contributed by atoms with Crippen molar-refractivity contribution >= 4 is 18.3 Å². The number of carboxylic acid groups (broad SMARTS) is 1. The number of benzene rings is 1. The van der Waals surface area contributed by atoms with E-state index in [2.05, 4.69) is 19.8 Å². The summed E-state index contributed by atoms with van der Waals surface area (Å²) in [5.74, 6) is 0.549. The van der Waals surface area contributed by atoms with Crippen LogP contribution in [-0.2, 0) is 9.59 Å². The lowest BCUT2D eigenvalue weighted by molar-refractivity contribution is -0.138. The second kappa shape index (κ2) is 11.4. The number of carbonyl (C=O) groups excluding carboxylic acids is 1. The lowest BCUT2D eigenvalue weighted by atomic mass is 10.00. The number of hydrogen-bond acceptors (Lipinski definition) is 6. The van der Waals surface area contributed by atoms with E-state index in [-0.39, 0.29) is 24.2 Å². The van der Waals surface area contributed by atoms with Crippen molar-refractivity contribution in [3.8, 4) is 0 Å². The molecule has 9 heteroatoms. The van der Waals surface area contributed by atoms with Crippen molar-refractivity contribution in [2.75, 3.05) is 44.2 Å². The number of aromatic nitrogens is 2. The Bertz CT molecular complexity index is 823. The van der Waals surface area contributed by atoms with E-state index in [1.807, 2.05) is 4.90 Å². The third-order valence-corrected chi connectivity index (χ3v) is 5.60. The average molecular weight is 429 g/mol. The van der Waals surface area contributed by atoms with Crippen LogP contribution in [-0.4, -0.2) is 76.5 Å². The van der Waals surface area contributed by atoms with E-state index in [4.69, 9.17) is 9.90 Å². The topological polar surface area (TPSA) is 89.9 Å². The molecule has 2 fully saturated rings. The van der Waals surface area contributed by atoms with E-state index < -0.39 is 0 Å². The quantitative estimate of drug-likeness (QED) is 0.745. The molecular formula is C22H28FN5O3. The van der Waals surface area contributed by atoms with Gasteiger partial charge in [-0.3, -0.25) is 14.5 Å². The van der Waals surface area contributed by atoms with Crippen LogP contribution in [0.5, 0.6) is 0 Å². The van der Waals surface area contributed by atoms with Gasteiger partial charge in [-0.15, -0.1) is 0 Å². The van der Waals surface area contributed by atoms with Crippen LogP contribution >= 0.6 is 0 Å². The molecule has 2 aromatic rings. The Balaban J connectivity index is 0.000000858. The fourth-order valence-electron chi connectivity index (χ4n) is 4.09. The van der Waals surface area contributed by atoms with Gasteiger partial charge >= 0.3 is 0 Å². The van der Waals surface area contributed by atoms with Crippen molar-refractivity contribution in [1.82, 2.24) is 19.8 Å². The highest BCUT2D eigenvalue weighted by atomic mass is 19.1. The second-order valence-electron chi connectivity index (χ2n) is 7.52. The van der Waals surface area contributed by atoms with Crippen LogP contribution in [0.3, 0.4) is 0 Å². The van der Waals surface area contributed by atoms with Crippen molar-refractivity contribution in [1.29, 1.82) is 0 Å². The van der Waals surface area contributed by atoms with Gasteiger partial charge in [0.25, 0.3) is 6.47 Å². The fourth-order valence-corrected chi connectivity index (χ4v) is 4.09. The summed E-state index contributed by atoms with van der Waals surface area (Å²) < 4.78 is 13.4. The lowest BCUT2D eigenvalue weighted by Crippen LogP contribution is -2.53. The van der Waals surface area contributed by atoms with Gasteiger partial charge < -0.3 is 14.9 Å². The maximum Gasteiger partial charge on any atom is 0.290 e. The molecule has 8 nitrogen and oxygen atoms in total. The number of piperidine rings is 1. The van der Waals surface area contributed by atoms with Gasteiger partial charge in [-0.2, -0.15) is 0 Å². The predicted octanol–water partition coefficient (Wildman–Crippen LogP) is 2.19. The van der Waals surface area contributed by atoms with E-state index >= 15 is 0 Å². The van der Waals surface area contributed by atoms with Crippen LogP contribution in [0.4, 0.5) is 10.3 Å². The molecule has 0 aliphatic carbocycles. The molecule has 0 spiro atoms. The molecule has 2 aliphatic rings. The van der Waals surface area contributed by atoms with Gasteiger partial charge in [0, 0.05) is 38.6 Å². The predicted molar refractivity (Wildman–Crippen MR) is 114 cm³/mol. The Morgan fingerprint density at radius 3 is 2.13 bits per heavy atom. The monoisotopic (exact) mass is 429 g/mol. The molecule has 0 saturated carbocycles. The summed E-state index contributed by atoms with van der Waals surface area (Å²) in [4.78, 5) is 36.7. The smallest absolute Gasteiger partial charge is 0.290 e. The highest BCUT2D eigenvalue weighted by molar-refractivity contribution is 5.83. The maximum atomic E-state index is 13.5. The molecule has 1 unspecified atom stereocenters. The molecule has 2 saturated heterocycles. The number of hydrogen-bond donors (Lipinski definition) is 1. The van der Waals surface area contributed by atoms with Crippen molar-refractivity contribution in [3.05, 3.63) is 54.1 Å². The van der Waals surface area contributed by atoms with Gasteiger partial charge in [-0.05, 0) is 49.7 Å². The summed E-state index contributed by atoms with van der Waals surface area (Å²) in [7, 11) is 0. The molecule has 1 N–H and O–H groups in total. The average Bonchev–Trinajstić information content (AvgIpc) is 2.82. The van der Waals surface area contributed by atoms with Crippen molar-refractivity contribution < 1.29 is 19.1 Å². The number of rotatable bonds is 4. The number of halogens is 1. The van der Waals surface area contributed by atoms with Gasteiger partial charge in [0.1, 0.15) is 11.9 Å². The number of amides is 1. The molecule has 1 aromatic carbocycles. The first-order chi connectivity index (χ1) is 15.1. The zero-order chi connectivity index (χ0) is 22.1. The molecule has 1 amide bonds. The Morgan fingerprint density at radius 1 is 0.968 bits per heavy atom. The first-order valence-corrected chi connectivity index (χ1v) is 10.5. The summed E-state index contributed by atoms with van der Waals surface area (Å²) in [5.41, 5.74) is 0.877. The molecular weight excluding hydrogens is 401 g/mol. The third-order valence-electron chi connectivity index (χ3n) is 5.60. The molecule has 0 bridgehead atoms. The molecule has 166 valence electrons. The van der Waals surface area contributed by atoms with Gasteiger partial charge in [-0.25, -0.2) is 14.4 Å². The van der Waals surface area contributed by atoms with Crippen molar-refractivity contribution in [2.45, 2.75) is 25.3 Å². The molecule has 1 aromatic heterocycles. The number of nitrogens with zero attached hydrogens (tertiary/aromatic N) is 5. The normalized spacial score (nSPS) is 18.0. The van der Waals surface area contributed by atoms with Crippen molar-refractivity contribution in [2.24, 2.45) is 0 Å². The van der Waals surface area contributed by atoms with Crippen LogP contribution in [0.1, 0.15) is 30.9 Å². The highest BCUT2D eigenvalue weighted by Gasteiger charge is 2.33. The second-order valence-corrected chi connectivity index (χ2v) is 7.52. The summed E-state index contributed by atoms with van der Waals surface area (Å²) in [6.07, 6.45) is 6.88. The van der Waals surface area contributed by atoms with Crippen molar-refractivity contribution in [3.63, 3.8) is 0 Å². The standard InChI is InChI=1S/C21H26FN5O.CH2O2/c22-18-7-5-17(6-8-18)19(25-11-2-1-3-12-25)20(28)26-13-15-27(16-14-26)21-23-9-4-10-24-21;2-1-3/h4-10,19H,1-3,11-16H2;1H,(H,2,3). The summed E-state index contributed by atoms with van der Waals surface area (Å²) >= 11 is 0. The molecule has 3 heterocycles. The Morgan fingerprint density at radius 2 is 1.55 bits per heavy atom. The largest absolute Gasteiger partial charge is 0.483 e. The lowest BCUT2D eigenvalue weighted by Gasteiger charge is -2.40. The van der Waals surface area contributed by atoms with Crippen LogP contribution < -0.4 is 4.90 Å². The van der Waals surface area contributed by atoms with E-state index in [0.717, 1.165) is 31.5 Å². The number of carbonyl (C=O) groups is 2. The van der Waals surface area contributed by atoms with Gasteiger partial charge in [0.15, 0.2) is 0 Å². The Hall–Kier alpha value is -3.07. The minimum absolute atomic E-state index is 0.113. The fraction of sp³-hybridized carbons (Fsp3) is 0.455. The van der Waals surface area contributed by atoms with Gasteiger partial charge in [0.05, 0.1) is 0 Å². The molecule has 1 atom stereocenters. The maximum absolute atomic E-state index is 13.5. The molecule has 2 aliphatic heterocycles. The summed E-state index contributed by atoms with van der Waals surface area (Å²) in [5, 5.41) is 6.89. The van der Waals surface area contributed by atoms with E-state index in [0.29, 0.717) is 32.1 Å². The van der Waals surface area contributed by atoms with Crippen LogP contribution in [0.15, 0.2) is 42.7 Å². The zero-order valence-corrected chi connectivity index (χ0v) is 17.4. The number of piperazine rings is 1. The zero-order valence-electron chi connectivity index (χ0n) is 17.4. The SMILES string of the molecule is O=C(C(c1ccc(F)cc1)N1CCCCC1)N1CCN(c2ncccn2)CC1.O=CO. The number of anilines is 1. The van der Waals surface area contributed by atoms with Crippen LogP contribution in [0.25, 0.3) is 0 Å². The van der Waals surface area contributed by atoms with Gasteiger partial charge in [0.2, 0.25) is 11.9 Å². The Kier molecular flexibility index (Phi) is 8.28. The first-order valence-electron chi connectivity index (χ1n) is 10.5. The molecule has 0 radical (unpaired) electrons. The minimum atomic E-state index is -0.333.